The lowest BCUT2D eigenvalue weighted by Gasteiger charge is -2.39. The molecule has 1 nitrogen and oxygen atoms in total. The number of rotatable bonds is 2. The highest BCUT2D eigenvalue weighted by Crippen LogP contribution is 2.61. The van der Waals surface area contributed by atoms with E-state index in [4.69, 9.17) is 0 Å². The van der Waals surface area contributed by atoms with Crippen LogP contribution in [-0.2, 0) is 4.79 Å². The van der Waals surface area contributed by atoms with E-state index in [1.165, 1.54) is 25.5 Å². The summed E-state index contributed by atoms with van der Waals surface area (Å²) in [6, 6.07) is 0. The third-order valence-electron chi connectivity index (χ3n) is 4.72. The fourth-order valence-corrected chi connectivity index (χ4v) is 3.96. The van der Waals surface area contributed by atoms with Crippen molar-refractivity contribution < 1.29 is 4.79 Å². The van der Waals surface area contributed by atoms with E-state index in [9.17, 15) is 4.79 Å². The van der Waals surface area contributed by atoms with Gasteiger partial charge in [0.25, 0.3) is 0 Å². The molecule has 13 heavy (non-hydrogen) atoms. The van der Waals surface area contributed by atoms with Crippen LogP contribution in [0.3, 0.4) is 0 Å². The second-order valence-electron chi connectivity index (χ2n) is 5.49. The summed E-state index contributed by atoms with van der Waals surface area (Å²) in [4.78, 5) is 11.0. The number of hydrogen-bond donors (Lipinski definition) is 0. The van der Waals surface area contributed by atoms with Gasteiger partial charge in [-0.1, -0.05) is 27.2 Å². The highest BCUT2D eigenvalue weighted by atomic mass is 16.1. The van der Waals surface area contributed by atoms with Crippen LogP contribution in [0.2, 0.25) is 0 Å². The van der Waals surface area contributed by atoms with Gasteiger partial charge in [0, 0.05) is 5.92 Å². The van der Waals surface area contributed by atoms with E-state index < -0.39 is 0 Å². The zero-order chi connectivity index (χ0) is 9.64. The van der Waals surface area contributed by atoms with Gasteiger partial charge in [0.1, 0.15) is 6.29 Å². The standard InChI is InChI=1S/C12H20O/c1-4-8-5-9-6-10(8)12(2,3)11(9)7-13/h7-11H,4-6H2,1-3H3. The summed E-state index contributed by atoms with van der Waals surface area (Å²) in [7, 11) is 0. The molecule has 0 aliphatic heterocycles. The maximum Gasteiger partial charge on any atom is 0.123 e. The van der Waals surface area contributed by atoms with Crippen molar-refractivity contribution in [1.29, 1.82) is 0 Å². The van der Waals surface area contributed by atoms with Gasteiger partial charge in [-0.25, -0.2) is 0 Å². The van der Waals surface area contributed by atoms with Gasteiger partial charge in [0.05, 0.1) is 0 Å². The number of carbonyl (C=O) groups excluding carboxylic acids is 1. The summed E-state index contributed by atoms with van der Waals surface area (Å²) in [6.07, 6.45) is 5.15. The van der Waals surface area contributed by atoms with Crippen LogP contribution in [0.1, 0.15) is 40.0 Å². The first kappa shape index (κ1) is 9.23. The molecule has 2 aliphatic rings. The Balaban J connectivity index is 2.23. The van der Waals surface area contributed by atoms with Crippen molar-refractivity contribution in [3.8, 4) is 0 Å². The SMILES string of the molecule is CCC1CC2CC1C(C)(C)C2C=O. The summed E-state index contributed by atoms with van der Waals surface area (Å²) < 4.78 is 0. The van der Waals surface area contributed by atoms with Gasteiger partial charge in [0.15, 0.2) is 0 Å². The minimum Gasteiger partial charge on any atom is -0.303 e. The Morgan fingerprint density at radius 1 is 1.38 bits per heavy atom. The van der Waals surface area contributed by atoms with E-state index in [1.54, 1.807) is 0 Å². The summed E-state index contributed by atoms with van der Waals surface area (Å²) in [5.74, 6) is 2.77. The number of fused-ring (bicyclic) bond motifs is 2. The maximum atomic E-state index is 11.0. The van der Waals surface area contributed by atoms with Gasteiger partial charge in [-0.05, 0) is 36.0 Å². The van der Waals surface area contributed by atoms with Crippen LogP contribution in [0.4, 0.5) is 0 Å². The predicted octanol–water partition coefficient (Wildman–Crippen LogP) is 2.89. The van der Waals surface area contributed by atoms with Gasteiger partial charge in [-0.2, -0.15) is 0 Å². The van der Waals surface area contributed by atoms with Gasteiger partial charge in [0.2, 0.25) is 0 Å². The summed E-state index contributed by atoms with van der Waals surface area (Å²) in [6.45, 7) is 6.87. The fourth-order valence-electron chi connectivity index (χ4n) is 3.96. The molecular formula is C12H20O. The third kappa shape index (κ3) is 1.09. The topological polar surface area (TPSA) is 17.1 Å². The molecule has 2 saturated carbocycles. The Morgan fingerprint density at radius 3 is 2.54 bits per heavy atom. The smallest absolute Gasteiger partial charge is 0.123 e. The van der Waals surface area contributed by atoms with Gasteiger partial charge < -0.3 is 4.79 Å². The molecule has 0 saturated heterocycles. The lowest BCUT2D eigenvalue weighted by Crippen LogP contribution is -2.36. The average molecular weight is 180 g/mol. The van der Waals surface area contributed by atoms with E-state index >= 15 is 0 Å². The van der Waals surface area contributed by atoms with Crippen LogP contribution < -0.4 is 0 Å². The van der Waals surface area contributed by atoms with Crippen molar-refractivity contribution in [3.63, 3.8) is 0 Å². The van der Waals surface area contributed by atoms with Crippen LogP contribution in [0, 0.1) is 29.1 Å². The minimum absolute atomic E-state index is 0.283. The zero-order valence-corrected chi connectivity index (χ0v) is 8.92. The normalized spacial score (nSPS) is 46.7. The Bertz CT molecular complexity index is 219. The minimum atomic E-state index is 0.283. The molecule has 2 rings (SSSR count). The molecule has 74 valence electrons. The summed E-state index contributed by atoms with van der Waals surface area (Å²) in [5.41, 5.74) is 0.283. The molecule has 0 spiro atoms. The first-order chi connectivity index (χ1) is 6.11. The Labute approximate surface area is 80.9 Å². The van der Waals surface area contributed by atoms with Crippen LogP contribution >= 0.6 is 0 Å². The maximum absolute atomic E-state index is 11.0. The van der Waals surface area contributed by atoms with E-state index in [1.807, 2.05) is 0 Å². The molecular weight excluding hydrogens is 160 g/mol. The summed E-state index contributed by atoms with van der Waals surface area (Å²) in [5, 5.41) is 0. The van der Waals surface area contributed by atoms with Gasteiger partial charge in [-0.3, -0.25) is 0 Å². The molecule has 2 fully saturated rings. The Hall–Kier alpha value is -0.330. The molecule has 0 aromatic carbocycles. The first-order valence-electron chi connectivity index (χ1n) is 5.56. The van der Waals surface area contributed by atoms with E-state index in [0.717, 1.165) is 11.8 Å². The highest BCUT2D eigenvalue weighted by molar-refractivity contribution is 5.57. The second-order valence-corrected chi connectivity index (χ2v) is 5.49. The number of aldehydes is 1. The Kier molecular flexibility index (Phi) is 2.01. The molecule has 0 aromatic rings. The van der Waals surface area contributed by atoms with Crippen molar-refractivity contribution in [2.45, 2.75) is 40.0 Å². The first-order valence-corrected chi connectivity index (χ1v) is 5.56. The molecule has 0 amide bonds. The van der Waals surface area contributed by atoms with Crippen LogP contribution in [0.5, 0.6) is 0 Å². The molecule has 0 N–H and O–H groups in total. The van der Waals surface area contributed by atoms with Gasteiger partial charge >= 0.3 is 0 Å². The number of carbonyl (C=O) groups is 1. The summed E-state index contributed by atoms with van der Waals surface area (Å²) >= 11 is 0. The largest absolute Gasteiger partial charge is 0.303 e. The van der Waals surface area contributed by atoms with Crippen molar-refractivity contribution in [3.05, 3.63) is 0 Å². The molecule has 2 aliphatic carbocycles. The quantitative estimate of drug-likeness (QED) is 0.597. The van der Waals surface area contributed by atoms with Gasteiger partial charge in [-0.15, -0.1) is 0 Å². The van der Waals surface area contributed by atoms with Crippen molar-refractivity contribution in [2.75, 3.05) is 0 Å². The lowest BCUT2D eigenvalue weighted by molar-refractivity contribution is -0.116. The third-order valence-corrected chi connectivity index (χ3v) is 4.72. The monoisotopic (exact) mass is 180 g/mol. The second kappa shape index (κ2) is 2.83. The molecule has 0 radical (unpaired) electrons. The van der Waals surface area contributed by atoms with Crippen molar-refractivity contribution in [2.24, 2.45) is 29.1 Å². The average Bonchev–Trinajstić information content (AvgIpc) is 2.58. The van der Waals surface area contributed by atoms with E-state index in [2.05, 4.69) is 20.8 Å². The van der Waals surface area contributed by atoms with Crippen molar-refractivity contribution in [1.82, 2.24) is 0 Å². The highest BCUT2D eigenvalue weighted by Gasteiger charge is 2.56. The van der Waals surface area contributed by atoms with Crippen LogP contribution in [0.15, 0.2) is 0 Å². The van der Waals surface area contributed by atoms with Crippen LogP contribution in [-0.4, -0.2) is 6.29 Å². The van der Waals surface area contributed by atoms with Crippen LogP contribution in [0.25, 0.3) is 0 Å². The lowest BCUT2D eigenvalue weighted by atomic mass is 9.65. The molecule has 4 atom stereocenters. The van der Waals surface area contributed by atoms with E-state index in [0.29, 0.717) is 11.8 Å². The fraction of sp³-hybridized carbons (Fsp3) is 0.917. The molecule has 0 aromatic heterocycles. The van der Waals surface area contributed by atoms with E-state index in [-0.39, 0.29) is 5.41 Å². The van der Waals surface area contributed by atoms with Crippen molar-refractivity contribution >= 4 is 6.29 Å². The molecule has 0 heterocycles. The predicted molar refractivity (Wildman–Crippen MR) is 53.3 cm³/mol. The molecule has 4 unspecified atom stereocenters. The number of hydrogen-bond acceptors (Lipinski definition) is 1. The molecule has 2 bridgehead atoms. The molecule has 1 heteroatoms. The zero-order valence-electron chi connectivity index (χ0n) is 8.92. The Morgan fingerprint density at radius 2 is 2.08 bits per heavy atom.